The molecule has 0 atom stereocenters. The number of nitro benzene ring substituents is 1. The molecule has 24 heavy (non-hydrogen) atoms. The zero-order valence-electron chi connectivity index (χ0n) is 12.9. The lowest BCUT2D eigenvalue weighted by Crippen LogP contribution is -2.12. The molecule has 0 unspecified atom stereocenters. The van der Waals surface area contributed by atoms with E-state index in [0.717, 1.165) is 0 Å². The van der Waals surface area contributed by atoms with Crippen LogP contribution in [-0.2, 0) is 16.1 Å². The number of esters is 2. The van der Waals surface area contributed by atoms with E-state index in [4.69, 9.17) is 9.47 Å². The number of carbonyl (C=O) groups is 2. The molecule has 2 aromatic rings. The van der Waals surface area contributed by atoms with Gasteiger partial charge in [0.05, 0.1) is 34.5 Å². The topological polar surface area (TPSA) is 109 Å². The summed E-state index contributed by atoms with van der Waals surface area (Å²) < 4.78 is 9.79. The van der Waals surface area contributed by atoms with Crippen molar-refractivity contribution in [2.45, 2.75) is 13.5 Å². The van der Waals surface area contributed by atoms with Gasteiger partial charge in [-0.2, -0.15) is 0 Å². The number of pyridine rings is 1. The first-order valence-electron chi connectivity index (χ1n) is 6.97. The first-order valence-corrected chi connectivity index (χ1v) is 6.97. The van der Waals surface area contributed by atoms with Gasteiger partial charge in [-0.05, 0) is 12.5 Å². The fourth-order valence-electron chi connectivity index (χ4n) is 2.71. The third kappa shape index (κ3) is 2.37. The number of nitro groups is 1. The number of cyclic esters (lactones) is 1. The lowest BCUT2D eigenvalue weighted by atomic mass is 9.93. The minimum Gasteiger partial charge on any atom is -0.465 e. The molecule has 8 nitrogen and oxygen atoms in total. The van der Waals surface area contributed by atoms with Crippen molar-refractivity contribution in [1.29, 1.82) is 0 Å². The van der Waals surface area contributed by atoms with Crippen molar-refractivity contribution in [3.8, 4) is 11.1 Å². The normalized spacial score (nSPS) is 12.5. The lowest BCUT2D eigenvalue weighted by molar-refractivity contribution is -0.384. The van der Waals surface area contributed by atoms with Gasteiger partial charge in [0.15, 0.2) is 0 Å². The zero-order chi connectivity index (χ0) is 17.4. The van der Waals surface area contributed by atoms with Gasteiger partial charge in [0.1, 0.15) is 6.61 Å². The standard InChI is InChI=1S/C16H12N2O6/c1-8-12(15(19)23-2)13(14-11(17-8)7-24-16(14)20)9-4-3-5-10(6-9)18(21)22/h3-6H,7H2,1-2H3. The van der Waals surface area contributed by atoms with Crippen LogP contribution in [0, 0.1) is 17.0 Å². The molecule has 2 heterocycles. The summed E-state index contributed by atoms with van der Waals surface area (Å²) in [5.41, 5.74) is 1.43. The van der Waals surface area contributed by atoms with Crippen LogP contribution >= 0.6 is 0 Å². The number of ether oxygens (including phenoxy) is 2. The molecule has 1 aliphatic rings. The molecular weight excluding hydrogens is 316 g/mol. The lowest BCUT2D eigenvalue weighted by Gasteiger charge is -2.13. The summed E-state index contributed by atoms with van der Waals surface area (Å²) in [6.45, 7) is 1.61. The van der Waals surface area contributed by atoms with Gasteiger partial charge >= 0.3 is 11.9 Å². The highest BCUT2D eigenvalue weighted by molar-refractivity contribution is 6.08. The number of aromatic nitrogens is 1. The number of non-ortho nitro benzene ring substituents is 1. The van der Waals surface area contributed by atoms with E-state index in [1.54, 1.807) is 13.0 Å². The number of methoxy groups -OCH3 is 1. The van der Waals surface area contributed by atoms with Gasteiger partial charge in [0.2, 0.25) is 0 Å². The smallest absolute Gasteiger partial charge is 0.341 e. The molecule has 0 spiro atoms. The molecular formula is C16H12N2O6. The van der Waals surface area contributed by atoms with E-state index in [1.165, 1.54) is 25.3 Å². The summed E-state index contributed by atoms with van der Waals surface area (Å²) in [5.74, 6) is -1.30. The molecule has 122 valence electrons. The Balaban J connectivity index is 2.37. The van der Waals surface area contributed by atoms with Crippen LogP contribution in [0.15, 0.2) is 24.3 Å². The zero-order valence-corrected chi connectivity index (χ0v) is 12.9. The highest BCUT2D eigenvalue weighted by Gasteiger charge is 2.33. The Kier molecular flexibility index (Phi) is 3.72. The molecule has 0 amide bonds. The Bertz CT molecular complexity index is 890. The van der Waals surface area contributed by atoms with Crippen LogP contribution in [0.3, 0.4) is 0 Å². The third-order valence-corrected chi connectivity index (χ3v) is 3.73. The van der Waals surface area contributed by atoms with Crippen molar-refractivity contribution >= 4 is 17.6 Å². The third-order valence-electron chi connectivity index (χ3n) is 3.73. The van der Waals surface area contributed by atoms with E-state index in [-0.39, 0.29) is 29.0 Å². The van der Waals surface area contributed by atoms with E-state index in [1.807, 2.05) is 0 Å². The average molecular weight is 328 g/mol. The van der Waals surface area contributed by atoms with E-state index in [2.05, 4.69) is 4.98 Å². The van der Waals surface area contributed by atoms with Crippen molar-refractivity contribution in [2.24, 2.45) is 0 Å². The second-order valence-electron chi connectivity index (χ2n) is 5.14. The fraction of sp³-hybridized carbons (Fsp3) is 0.188. The van der Waals surface area contributed by atoms with Crippen molar-refractivity contribution in [2.75, 3.05) is 7.11 Å². The number of aryl methyl sites for hydroxylation is 1. The van der Waals surface area contributed by atoms with E-state index in [0.29, 0.717) is 17.0 Å². The molecule has 1 aliphatic heterocycles. The minimum absolute atomic E-state index is 0.00160. The molecule has 0 radical (unpaired) electrons. The van der Waals surface area contributed by atoms with Gasteiger partial charge < -0.3 is 9.47 Å². The van der Waals surface area contributed by atoms with Crippen LogP contribution in [0.5, 0.6) is 0 Å². The second-order valence-corrected chi connectivity index (χ2v) is 5.14. The second kappa shape index (κ2) is 5.73. The maximum atomic E-state index is 12.2. The van der Waals surface area contributed by atoms with Gasteiger partial charge in [-0.1, -0.05) is 12.1 Å². The minimum atomic E-state index is -0.677. The van der Waals surface area contributed by atoms with Crippen LogP contribution < -0.4 is 0 Å². The first kappa shape index (κ1) is 15.6. The average Bonchev–Trinajstić information content (AvgIpc) is 2.93. The predicted molar refractivity (Wildman–Crippen MR) is 81.5 cm³/mol. The number of hydrogen-bond donors (Lipinski definition) is 0. The van der Waals surface area contributed by atoms with Crippen molar-refractivity contribution in [1.82, 2.24) is 4.98 Å². The summed E-state index contributed by atoms with van der Waals surface area (Å²) in [6.07, 6.45) is 0. The van der Waals surface area contributed by atoms with Gasteiger partial charge in [0.25, 0.3) is 5.69 Å². The van der Waals surface area contributed by atoms with Crippen molar-refractivity contribution in [3.63, 3.8) is 0 Å². The Morgan fingerprint density at radius 3 is 2.79 bits per heavy atom. The molecule has 0 saturated heterocycles. The summed E-state index contributed by atoms with van der Waals surface area (Å²) in [7, 11) is 1.21. The number of rotatable bonds is 3. The van der Waals surface area contributed by atoms with E-state index >= 15 is 0 Å². The summed E-state index contributed by atoms with van der Waals surface area (Å²) in [6, 6.07) is 5.69. The van der Waals surface area contributed by atoms with Gasteiger partial charge in [-0.15, -0.1) is 0 Å². The van der Waals surface area contributed by atoms with Crippen LogP contribution in [0.4, 0.5) is 5.69 Å². The van der Waals surface area contributed by atoms with Gasteiger partial charge in [0, 0.05) is 17.7 Å². The highest BCUT2D eigenvalue weighted by atomic mass is 16.6. The highest BCUT2D eigenvalue weighted by Crippen LogP contribution is 2.36. The summed E-state index contributed by atoms with van der Waals surface area (Å²) in [4.78, 5) is 39.0. The monoisotopic (exact) mass is 328 g/mol. The van der Waals surface area contributed by atoms with Crippen LogP contribution in [0.25, 0.3) is 11.1 Å². The van der Waals surface area contributed by atoms with E-state index < -0.39 is 16.9 Å². The molecule has 0 fully saturated rings. The van der Waals surface area contributed by atoms with Crippen molar-refractivity contribution < 1.29 is 24.0 Å². The Morgan fingerprint density at radius 1 is 1.38 bits per heavy atom. The number of carbonyl (C=O) groups excluding carboxylic acids is 2. The molecule has 0 bridgehead atoms. The van der Waals surface area contributed by atoms with Crippen LogP contribution in [-0.4, -0.2) is 29.0 Å². The maximum absolute atomic E-state index is 12.2. The number of benzene rings is 1. The van der Waals surface area contributed by atoms with Gasteiger partial charge in [-0.25, -0.2) is 9.59 Å². The first-order chi connectivity index (χ1) is 11.4. The fourth-order valence-corrected chi connectivity index (χ4v) is 2.71. The Hall–Kier alpha value is -3.29. The predicted octanol–water partition coefficient (Wildman–Crippen LogP) is 2.42. The SMILES string of the molecule is COC(=O)c1c(C)nc2c(c1-c1cccc([N+](=O)[O-])c1)C(=O)OC2. The summed E-state index contributed by atoms with van der Waals surface area (Å²) >= 11 is 0. The molecule has 0 N–H and O–H groups in total. The molecule has 3 rings (SSSR count). The maximum Gasteiger partial charge on any atom is 0.341 e. The Morgan fingerprint density at radius 2 is 2.12 bits per heavy atom. The van der Waals surface area contributed by atoms with Crippen molar-refractivity contribution in [3.05, 3.63) is 56.9 Å². The number of fused-ring (bicyclic) bond motifs is 1. The molecule has 0 aliphatic carbocycles. The molecule has 1 aromatic carbocycles. The molecule has 8 heteroatoms. The summed E-state index contributed by atoms with van der Waals surface area (Å²) in [5, 5.41) is 11.0. The van der Waals surface area contributed by atoms with Gasteiger partial charge in [-0.3, -0.25) is 15.1 Å². The van der Waals surface area contributed by atoms with Crippen LogP contribution in [0.1, 0.15) is 32.1 Å². The van der Waals surface area contributed by atoms with Crippen LogP contribution in [0.2, 0.25) is 0 Å². The number of nitrogens with zero attached hydrogens (tertiary/aromatic N) is 2. The quantitative estimate of drug-likeness (QED) is 0.483. The molecule has 0 saturated carbocycles. The van der Waals surface area contributed by atoms with E-state index in [9.17, 15) is 19.7 Å². The Labute approximate surface area is 136 Å². The number of hydrogen-bond acceptors (Lipinski definition) is 7. The largest absolute Gasteiger partial charge is 0.465 e. The molecule has 1 aromatic heterocycles.